The molecule has 2 N–H and O–H groups in total. The second-order valence-electron chi connectivity index (χ2n) is 4.52. The van der Waals surface area contributed by atoms with Crippen molar-refractivity contribution >= 4 is 33.4 Å². The van der Waals surface area contributed by atoms with E-state index >= 15 is 0 Å². The lowest BCUT2D eigenvalue weighted by Gasteiger charge is -2.31. The lowest BCUT2D eigenvalue weighted by atomic mass is 10.2. The Morgan fingerprint density at radius 1 is 1.62 bits per heavy atom. The van der Waals surface area contributed by atoms with Crippen LogP contribution in [0, 0.1) is 10.1 Å². The molecule has 1 aliphatic heterocycles. The summed E-state index contributed by atoms with van der Waals surface area (Å²) < 4.78 is 6.07. The van der Waals surface area contributed by atoms with Gasteiger partial charge in [-0.1, -0.05) is 15.9 Å². The molecular weight excluding hydrogens is 346 g/mol. The fourth-order valence-corrected chi connectivity index (χ4v) is 2.39. The Kier molecular flexibility index (Phi) is 4.97. The van der Waals surface area contributed by atoms with Crippen molar-refractivity contribution in [2.75, 3.05) is 31.6 Å². The van der Waals surface area contributed by atoms with E-state index in [1.807, 2.05) is 0 Å². The molecule has 0 unspecified atom stereocenters. The zero-order chi connectivity index (χ0) is 15.4. The largest absolute Gasteiger partial charge is 0.465 e. The third-order valence-corrected chi connectivity index (χ3v) is 3.58. The minimum absolute atomic E-state index is 0.0460. The van der Waals surface area contributed by atoms with Crippen LogP contribution < -0.4 is 5.32 Å². The minimum atomic E-state index is -0.988. The van der Waals surface area contributed by atoms with Crippen LogP contribution in [0.2, 0.25) is 0 Å². The van der Waals surface area contributed by atoms with Crippen molar-refractivity contribution < 1.29 is 19.6 Å². The fourth-order valence-electron chi connectivity index (χ4n) is 2.05. The first-order chi connectivity index (χ1) is 9.97. The fraction of sp³-hybridized carbons (Fsp3) is 0.417. The molecule has 0 radical (unpaired) electrons. The van der Waals surface area contributed by atoms with E-state index in [2.05, 4.69) is 21.2 Å². The maximum Gasteiger partial charge on any atom is 0.407 e. The first-order valence-electron chi connectivity index (χ1n) is 6.24. The van der Waals surface area contributed by atoms with Crippen LogP contribution in [0.25, 0.3) is 0 Å². The number of hydrogen-bond acceptors (Lipinski definition) is 5. The average molecular weight is 360 g/mol. The smallest absolute Gasteiger partial charge is 0.407 e. The van der Waals surface area contributed by atoms with E-state index in [0.717, 1.165) is 0 Å². The van der Waals surface area contributed by atoms with Crippen LogP contribution in [0.5, 0.6) is 0 Å². The van der Waals surface area contributed by atoms with Crippen molar-refractivity contribution in [1.82, 2.24) is 4.90 Å². The summed E-state index contributed by atoms with van der Waals surface area (Å²) in [7, 11) is 0. The molecule has 0 aromatic heterocycles. The van der Waals surface area contributed by atoms with Gasteiger partial charge in [-0.3, -0.25) is 10.1 Å². The molecule has 0 aliphatic carbocycles. The summed E-state index contributed by atoms with van der Waals surface area (Å²) in [4.78, 5) is 22.7. The highest BCUT2D eigenvalue weighted by Crippen LogP contribution is 2.28. The van der Waals surface area contributed by atoms with Crippen molar-refractivity contribution in [3.63, 3.8) is 0 Å². The molecule has 114 valence electrons. The SMILES string of the molecule is O=C(O)N1CCO[C@@H](CNc2ccc(Br)cc2[N+](=O)[O-])C1. The van der Waals surface area contributed by atoms with Crippen molar-refractivity contribution in [3.8, 4) is 0 Å². The van der Waals surface area contributed by atoms with Gasteiger partial charge in [0.2, 0.25) is 0 Å². The Balaban J connectivity index is 2.00. The van der Waals surface area contributed by atoms with Gasteiger partial charge in [0.05, 0.1) is 24.2 Å². The molecular formula is C12H14BrN3O5. The molecule has 21 heavy (non-hydrogen) atoms. The number of anilines is 1. The summed E-state index contributed by atoms with van der Waals surface area (Å²) in [5.41, 5.74) is 0.328. The third kappa shape index (κ3) is 4.05. The molecule has 2 rings (SSSR count). The van der Waals surface area contributed by atoms with E-state index in [1.54, 1.807) is 12.1 Å². The molecule has 0 spiro atoms. The van der Waals surface area contributed by atoms with Crippen LogP contribution in [0.15, 0.2) is 22.7 Å². The molecule has 1 fully saturated rings. The summed E-state index contributed by atoms with van der Waals surface area (Å²) in [6.07, 6.45) is -1.32. The van der Waals surface area contributed by atoms with Gasteiger partial charge >= 0.3 is 6.09 Å². The highest BCUT2D eigenvalue weighted by Gasteiger charge is 2.24. The molecule has 1 atom stereocenters. The zero-order valence-electron chi connectivity index (χ0n) is 11.0. The van der Waals surface area contributed by atoms with Gasteiger partial charge in [0, 0.05) is 23.6 Å². The number of morpholine rings is 1. The molecule has 9 heteroatoms. The molecule has 8 nitrogen and oxygen atoms in total. The number of carboxylic acid groups (broad SMARTS) is 1. The van der Waals surface area contributed by atoms with Gasteiger partial charge in [-0.15, -0.1) is 0 Å². The van der Waals surface area contributed by atoms with Crippen molar-refractivity contribution in [1.29, 1.82) is 0 Å². The Hall–Kier alpha value is -1.87. The Morgan fingerprint density at radius 3 is 3.05 bits per heavy atom. The number of carbonyl (C=O) groups is 1. The quantitative estimate of drug-likeness (QED) is 0.630. The molecule has 1 aromatic carbocycles. The van der Waals surface area contributed by atoms with Gasteiger partial charge in [-0.2, -0.15) is 0 Å². The van der Waals surface area contributed by atoms with Crippen LogP contribution in [0.4, 0.5) is 16.2 Å². The average Bonchev–Trinajstić information content (AvgIpc) is 2.46. The van der Waals surface area contributed by atoms with E-state index < -0.39 is 11.0 Å². The predicted octanol–water partition coefficient (Wildman–Crippen LogP) is 2.15. The predicted molar refractivity (Wildman–Crippen MR) is 78.6 cm³/mol. The number of nitrogens with one attached hydrogen (secondary N) is 1. The van der Waals surface area contributed by atoms with E-state index in [1.165, 1.54) is 11.0 Å². The highest BCUT2D eigenvalue weighted by molar-refractivity contribution is 9.10. The van der Waals surface area contributed by atoms with Crippen LogP contribution in [-0.2, 0) is 4.74 Å². The lowest BCUT2D eigenvalue weighted by Crippen LogP contribution is -2.47. The van der Waals surface area contributed by atoms with E-state index in [4.69, 9.17) is 9.84 Å². The summed E-state index contributed by atoms with van der Waals surface area (Å²) in [5, 5.41) is 22.9. The second-order valence-corrected chi connectivity index (χ2v) is 5.44. The first kappa shape index (κ1) is 15.5. The number of nitrogens with zero attached hydrogens (tertiary/aromatic N) is 2. The topological polar surface area (TPSA) is 105 Å². The second kappa shape index (κ2) is 6.72. The normalized spacial score (nSPS) is 18.3. The summed E-state index contributed by atoms with van der Waals surface area (Å²) >= 11 is 3.19. The van der Waals surface area contributed by atoms with Crippen molar-refractivity contribution in [2.24, 2.45) is 0 Å². The Bertz CT molecular complexity index is 554. The number of benzene rings is 1. The summed E-state index contributed by atoms with van der Waals surface area (Å²) in [6.45, 7) is 1.20. The first-order valence-corrected chi connectivity index (χ1v) is 7.04. The summed E-state index contributed by atoms with van der Waals surface area (Å²) in [6, 6.07) is 4.70. The van der Waals surface area contributed by atoms with Gasteiger partial charge < -0.3 is 20.1 Å². The van der Waals surface area contributed by atoms with Gasteiger partial charge in [0.15, 0.2) is 0 Å². The highest BCUT2D eigenvalue weighted by atomic mass is 79.9. The van der Waals surface area contributed by atoms with E-state index in [9.17, 15) is 14.9 Å². The Morgan fingerprint density at radius 2 is 2.38 bits per heavy atom. The number of nitro groups is 1. The molecule has 1 aromatic rings. The lowest BCUT2D eigenvalue weighted by molar-refractivity contribution is -0.384. The summed E-state index contributed by atoms with van der Waals surface area (Å²) in [5.74, 6) is 0. The van der Waals surface area contributed by atoms with Crippen LogP contribution in [0.3, 0.4) is 0 Å². The molecule has 1 saturated heterocycles. The van der Waals surface area contributed by atoms with Gasteiger partial charge in [-0.05, 0) is 12.1 Å². The van der Waals surface area contributed by atoms with Gasteiger partial charge in [-0.25, -0.2) is 4.79 Å². The van der Waals surface area contributed by atoms with Crippen molar-refractivity contribution in [3.05, 3.63) is 32.8 Å². The monoisotopic (exact) mass is 359 g/mol. The number of nitro benzene ring substituents is 1. The third-order valence-electron chi connectivity index (χ3n) is 3.09. The van der Waals surface area contributed by atoms with Crippen molar-refractivity contribution in [2.45, 2.75) is 6.10 Å². The van der Waals surface area contributed by atoms with Gasteiger partial charge in [0.25, 0.3) is 5.69 Å². The zero-order valence-corrected chi connectivity index (χ0v) is 12.6. The van der Waals surface area contributed by atoms with E-state index in [-0.39, 0.29) is 18.3 Å². The number of ether oxygens (including phenoxy) is 1. The number of rotatable bonds is 4. The Labute approximate surface area is 129 Å². The number of halogens is 1. The van der Waals surface area contributed by atoms with Crippen LogP contribution in [0.1, 0.15) is 0 Å². The standard InChI is InChI=1S/C12H14BrN3O5/c13-8-1-2-10(11(5-8)16(19)20)14-6-9-7-15(12(17)18)3-4-21-9/h1-2,5,9,14H,3-4,6-7H2,(H,17,18)/t9-/m0/s1. The minimum Gasteiger partial charge on any atom is -0.465 e. The number of amides is 1. The molecule has 0 bridgehead atoms. The van der Waals surface area contributed by atoms with E-state index in [0.29, 0.717) is 29.9 Å². The molecule has 1 amide bonds. The number of hydrogen-bond donors (Lipinski definition) is 2. The maximum atomic E-state index is 11.0. The molecule has 0 saturated carbocycles. The van der Waals surface area contributed by atoms with Crippen LogP contribution in [-0.4, -0.2) is 53.4 Å². The molecule has 1 heterocycles. The maximum absolute atomic E-state index is 11.0. The van der Waals surface area contributed by atoms with Crippen LogP contribution >= 0.6 is 15.9 Å². The van der Waals surface area contributed by atoms with Gasteiger partial charge in [0.1, 0.15) is 5.69 Å². The molecule has 1 aliphatic rings.